The van der Waals surface area contributed by atoms with Gasteiger partial charge in [-0.1, -0.05) is 485 Å². The molecule has 0 aliphatic heterocycles. The van der Waals surface area contributed by atoms with E-state index in [1.54, 1.807) is 0 Å². The summed E-state index contributed by atoms with van der Waals surface area (Å²) >= 11 is 0. The second-order valence-corrected chi connectivity index (χ2v) is 37.3. The highest BCUT2D eigenvalue weighted by Gasteiger charge is 2.52. The van der Waals surface area contributed by atoms with Crippen LogP contribution in [0.3, 0.4) is 0 Å². The van der Waals surface area contributed by atoms with Crippen molar-refractivity contribution in [2.45, 2.75) is 34.5 Å². The first-order valence-electron chi connectivity index (χ1n) is 47.3. The molecule has 0 bridgehead atoms. The molecule has 0 spiro atoms. The van der Waals surface area contributed by atoms with Crippen molar-refractivity contribution < 1.29 is 0 Å². The van der Waals surface area contributed by atoms with Crippen molar-refractivity contribution in [1.29, 1.82) is 0 Å². The van der Waals surface area contributed by atoms with Crippen LogP contribution in [0.4, 0.5) is 0 Å². The molecule has 0 radical (unpaired) electrons. The van der Waals surface area contributed by atoms with Gasteiger partial charge in [0.2, 0.25) is 0 Å². The van der Waals surface area contributed by atoms with Crippen molar-refractivity contribution in [1.82, 2.24) is 0 Å². The highest BCUT2D eigenvalue weighted by molar-refractivity contribution is 6.01. The summed E-state index contributed by atoms with van der Waals surface area (Å²) in [5.74, 6) is 0.411. The summed E-state index contributed by atoms with van der Waals surface area (Å²) < 4.78 is 0. The van der Waals surface area contributed by atoms with Crippen molar-refractivity contribution >= 4 is 21.5 Å². The molecule has 0 fully saturated rings. The zero-order valence-corrected chi connectivity index (χ0v) is 73.8. The standard InChI is InChI=1S/2C67H44/c1-4-17-43(18-5-1)46-21-16-22-49(39-46)63-55-29-13-12-27-53(55)60-41-47(33-35-56(60)63)48-34-36-57-61(42-48)58-37-38-59-54-28-14-15-30-62(54)67(51-23-6-2-7-24-51,52-25-8-3-9-26-52)66(59)65(58)64(57)50-32-31-44-19-10-11-20-45(44)40-50;1-4-17-43(18-5-1)46-21-16-22-49(39-46)63-54-28-13-12-27-53(54)59-41-47(33-35-55(59)63)48-34-36-56-60(42-48)57-37-38-62-65(66(57)64(56)50-32-31-44-19-10-11-20-45(44)40-50)58-29-14-15-30-61(58)67(62,51-23-6-2-7-24-51)52-25-8-3-9-26-52/h2*1-42,63-64H. The Morgan fingerprint density at radius 3 is 0.918 bits per heavy atom. The lowest BCUT2D eigenvalue weighted by atomic mass is 9.65. The van der Waals surface area contributed by atoms with Gasteiger partial charge >= 0.3 is 0 Å². The summed E-state index contributed by atoms with van der Waals surface area (Å²) in [6.45, 7) is 0. The number of hydrogen-bond acceptors (Lipinski definition) is 0. The van der Waals surface area contributed by atoms with E-state index in [0.717, 1.165) is 0 Å². The van der Waals surface area contributed by atoms with Crippen LogP contribution in [0.15, 0.2) is 510 Å². The van der Waals surface area contributed by atoms with E-state index >= 15 is 0 Å². The first kappa shape index (κ1) is 77.3. The van der Waals surface area contributed by atoms with E-state index in [9.17, 15) is 0 Å². The Balaban J connectivity index is 0.000000136. The molecule has 28 rings (SSSR count). The second-order valence-electron chi connectivity index (χ2n) is 37.3. The van der Waals surface area contributed by atoms with E-state index in [1.165, 1.54) is 244 Å². The first-order valence-corrected chi connectivity index (χ1v) is 47.3. The van der Waals surface area contributed by atoms with Gasteiger partial charge in [-0.05, 0) is 268 Å². The van der Waals surface area contributed by atoms with Crippen LogP contribution in [0.25, 0.3) is 133 Å². The molecule has 0 saturated carbocycles. The van der Waals surface area contributed by atoms with Crippen molar-refractivity contribution in [3.8, 4) is 111 Å². The number of rotatable bonds is 12. The lowest BCUT2D eigenvalue weighted by Crippen LogP contribution is -2.30. The molecule has 4 unspecified atom stereocenters. The molecule has 6 aliphatic carbocycles. The molecule has 4 atom stereocenters. The van der Waals surface area contributed by atoms with Crippen molar-refractivity contribution in [3.05, 3.63) is 621 Å². The molecule has 0 aromatic heterocycles. The lowest BCUT2D eigenvalue weighted by molar-refractivity contribution is 0.752. The third kappa shape index (κ3) is 11.8. The van der Waals surface area contributed by atoms with Gasteiger partial charge in [0.1, 0.15) is 0 Å². The Labute approximate surface area is 782 Å². The van der Waals surface area contributed by atoms with E-state index in [4.69, 9.17) is 0 Å². The first-order chi connectivity index (χ1) is 66.5. The van der Waals surface area contributed by atoms with Crippen LogP contribution in [-0.4, -0.2) is 0 Å². The van der Waals surface area contributed by atoms with E-state index in [2.05, 4.69) is 510 Å². The maximum Gasteiger partial charge on any atom is 0.0716 e. The monoisotopic (exact) mass is 1700 g/mol. The minimum absolute atomic E-state index is 0.0269. The molecule has 0 nitrogen and oxygen atoms in total. The summed E-state index contributed by atoms with van der Waals surface area (Å²) in [6.07, 6.45) is 0. The number of benzene rings is 22. The molecule has 0 saturated heterocycles. The molecule has 0 heterocycles. The molecule has 22 aromatic carbocycles. The largest absolute Gasteiger partial charge is 0.0716 e. The molecule has 22 aromatic rings. The normalized spacial score (nSPS) is 15.6. The Kier molecular flexibility index (Phi) is 17.9. The fourth-order valence-corrected chi connectivity index (χ4v) is 25.0. The maximum absolute atomic E-state index is 2.50. The van der Waals surface area contributed by atoms with Gasteiger partial charge in [0.05, 0.1) is 10.8 Å². The molecule has 624 valence electrons. The Bertz CT molecular complexity index is 8410. The highest BCUT2D eigenvalue weighted by Crippen LogP contribution is 2.66. The van der Waals surface area contributed by atoms with Crippen molar-refractivity contribution in [3.63, 3.8) is 0 Å². The van der Waals surface area contributed by atoms with Crippen molar-refractivity contribution in [2.24, 2.45) is 0 Å². The number of hydrogen-bond donors (Lipinski definition) is 0. The van der Waals surface area contributed by atoms with Gasteiger partial charge in [0, 0.05) is 23.7 Å². The Hall–Kier alpha value is -16.6. The minimum Gasteiger partial charge on any atom is -0.0622 e. The van der Waals surface area contributed by atoms with E-state index in [0.29, 0.717) is 0 Å². The summed E-state index contributed by atoms with van der Waals surface area (Å²) in [5, 5.41) is 5.06. The van der Waals surface area contributed by atoms with Gasteiger partial charge in [0.25, 0.3) is 0 Å². The second kappa shape index (κ2) is 31.0. The topological polar surface area (TPSA) is 0 Å². The lowest BCUT2D eigenvalue weighted by Gasteiger charge is -2.36. The predicted octanol–water partition coefficient (Wildman–Crippen LogP) is 33.7. The van der Waals surface area contributed by atoms with Gasteiger partial charge < -0.3 is 0 Å². The van der Waals surface area contributed by atoms with Crippen LogP contribution in [0.1, 0.15) is 135 Å². The van der Waals surface area contributed by atoms with Gasteiger partial charge in [0.15, 0.2) is 0 Å². The van der Waals surface area contributed by atoms with Crippen molar-refractivity contribution in [2.75, 3.05) is 0 Å². The molecular formula is C134H88. The third-order valence-corrected chi connectivity index (χ3v) is 30.6. The molecule has 0 N–H and O–H groups in total. The third-order valence-electron chi connectivity index (χ3n) is 30.6. The zero-order valence-electron chi connectivity index (χ0n) is 73.8. The highest BCUT2D eigenvalue weighted by atomic mass is 14.5. The molecule has 134 heavy (non-hydrogen) atoms. The average molecular weight is 1700 g/mol. The van der Waals surface area contributed by atoms with Gasteiger partial charge in [-0.25, -0.2) is 0 Å². The smallest absolute Gasteiger partial charge is 0.0622 e. The fourth-order valence-electron chi connectivity index (χ4n) is 25.0. The predicted molar refractivity (Wildman–Crippen MR) is 556 cm³/mol. The molecular weight excluding hydrogens is 1610 g/mol. The van der Waals surface area contributed by atoms with E-state index < -0.39 is 10.8 Å². The van der Waals surface area contributed by atoms with E-state index in [1.807, 2.05) is 0 Å². The maximum atomic E-state index is 2.50. The Morgan fingerprint density at radius 2 is 0.455 bits per heavy atom. The SMILES string of the molecule is c1ccc(-c2cccc(C3c4ccccc4-c4cc(-c5ccc6c(c5)-c5ccc7c(c5C6c5ccc6ccccc6c5)-c5ccccc5C7(c5ccccc5)c5ccccc5)ccc43)c2)cc1.c1ccc(-c2cccc(C3c4ccccc4-c4cc(-c5ccc6c(c5)-c5ccc7c(c5C6c5ccc6ccccc6c5)C(c5ccccc5)(c5ccccc5)c5ccccc5-7)ccc43)c2)cc1. The van der Waals surface area contributed by atoms with Crippen LogP contribution in [0.5, 0.6) is 0 Å². The Morgan fingerprint density at radius 1 is 0.142 bits per heavy atom. The van der Waals surface area contributed by atoms with E-state index in [-0.39, 0.29) is 23.7 Å². The molecule has 0 heteroatoms. The summed E-state index contributed by atoms with van der Waals surface area (Å²) in [6, 6.07) is 192. The van der Waals surface area contributed by atoms with Crippen LogP contribution in [0, 0.1) is 0 Å². The van der Waals surface area contributed by atoms with Crippen LogP contribution >= 0.6 is 0 Å². The van der Waals surface area contributed by atoms with Crippen LogP contribution < -0.4 is 0 Å². The van der Waals surface area contributed by atoms with Crippen LogP contribution in [0.2, 0.25) is 0 Å². The van der Waals surface area contributed by atoms with Gasteiger partial charge in [-0.15, -0.1) is 0 Å². The van der Waals surface area contributed by atoms with Gasteiger partial charge in [-0.2, -0.15) is 0 Å². The summed E-state index contributed by atoms with van der Waals surface area (Å²) in [5.41, 5.74) is 51.7. The number of fused-ring (bicyclic) bond motifs is 22. The zero-order chi connectivity index (χ0) is 88.1. The average Bonchev–Trinajstić information content (AvgIpc) is 1.52. The fraction of sp³-hybridized carbons (Fsp3) is 0.0448. The summed E-state index contributed by atoms with van der Waals surface area (Å²) in [4.78, 5) is 0. The summed E-state index contributed by atoms with van der Waals surface area (Å²) in [7, 11) is 0. The molecule has 0 amide bonds. The quantitative estimate of drug-likeness (QED) is 0.114. The van der Waals surface area contributed by atoms with Gasteiger partial charge in [-0.3, -0.25) is 0 Å². The molecule has 6 aliphatic rings. The van der Waals surface area contributed by atoms with Crippen LogP contribution in [-0.2, 0) is 10.8 Å². The minimum atomic E-state index is -0.524.